The molecule has 2 atom stereocenters. The lowest BCUT2D eigenvalue weighted by atomic mass is 9.98. The number of halogens is 1. The summed E-state index contributed by atoms with van der Waals surface area (Å²) in [6.07, 6.45) is -0.747. The van der Waals surface area contributed by atoms with Gasteiger partial charge in [0.25, 0.3) is 11.8 Å². The summed E-state index contributed by atoms with van der Waals surface area (Å²) in [6, 6.07) is 18.4. The van der Waals surface area contributed by atoms with Crippen LogP contribution in [0.5, 0.6) is 5.88 Å². The molecule has 0 aliphatic rings. The van der Waals surface area contributed by atoms with Gasteiger partial charge in [0.05, 0.1) is 6.07 Å². The Morgan fingerprint density at radius 2 is 1.72 bits per heavy atom. The van der Waals surface area contributed by atoms with Gasteiger partial charge < -0.3 is 20.1 Å². The van der Waals surface area contributed by atoms with Crippen LogP contribution < -0.4 is 5.32 Å². The van der Waals surface area contributed by atoms with Gasteiger partial charge in [0.2, 0.25) is 9.55 Å². The summed E-state index contributed by atoms with van der Waals surface area (Å²) in [5.41, 5.74) is 3.10. The number of carbonyl (C=O) groups excluding carboxylic acids is 2. The summed E-state index contributed by atoms with van der Waals surface area (Å²) in [6.45, 7) is 0. The van der Waals surface area contributed by atoms with E-state index in [9.17, 15) is 19.8 Å². The van der Waals surface area contributed by atoms with Crippen LogP contribution in [0.25, 0.3) is 11.1 Å². The number of nitrogens with one attached hydrogen (secondary N) is 1. The minimum absolute atomic E-state index is 0.0497. The highest BCUT2D eigenvalue weighted by Gasteiger charge is 2.23. The lowest BCUT2D eigenvalue weighted by Gasteiger charge is -2.20. The molecule has 2 aromatic carbocycles. The van der Waals surface area contributed by atoms with E-state index in [2.05, 4.69) is 10.5 Å². The number of nitrogens with zero attached hydrogens (tertiary/aromatic N) is 1. The standard InChI is InChI=1S/C21H19IN2O5/c22-20(27)17(25)11-16(23-21(28)18-12-19(26)24-29-18)10-13-6-8-15(9-7-13)14-4-2-1-3-5-14/h1-9,12,16-17,25H,10-11H2,(H,23,28)(H,24,26)/t16-,17-/m1/s1. The lowest BCUT2D eigenvalue weighted by Crippen LogP contribution is -2.39. The predicted octanol–water partition coefficient (Wildman–Crippen LogP) is 3.10. The number of carbonyl (C=O) groups is 2. The van der Waals surface area contributed by atoms with E-state index < -0.39 is 27.7 Å². The number of benzene rings is 2. The van der Waals surface area contributed by atoms with E-state index in [1.807, 2.05) is 54.6 Å². The molecule has 0 aliphatic carbocycles. The summed E-state index contributed by atoms with van der Waals surface area (Å²) < 4.78 is 4.35. The zero-order valence-corrected chi connectivity index (χ0v) is 17.4. The molecule has 3 aromatic rings. The van der Waals surface area contributed by atoms with Crippen LogP contribution in [0.4, 0.5) is 0 Å². The summed E-state index contributed by atoms with van der Waals surface area (Å²) >= 11 is 1.53. The molecule has 0 aliphatic heterocycles. The fourth-order valence-corrected chi connectivity index (χ4v) is 3.19. The highest BCUT2D eigenvalue weighted by Crippen LogP contribution is 2.20. The number of hydrogen-bond donors (Lipinski definition) is 3. The van der Waals surface area contributed by atoms with Gasteiger partial charge in [-0.1, -0.05) is 54.6 Å². The minimum atomic E-state index is -1.20. The summed E-state index contributed by atoms with van der Waals surface area (Å²) in [4.78, 5) is 23.8. The average molecular weight is 506 g/mol. The summed E-state index contributed by atoms with van der Waals surface area (Å²) in [5, 5.41) is 25.2. The minimum Gasteiger partial charge on any atom is -0.491 e. The van der Waals surface area contributed by atoms with E-state index in [1.54, 1.807) is 0 Å². The number of aromatic nitrogens is 1. The van der Waals surface area contributed by atoms with Crippen LogP contribution in [0.15, 0.2) is 65.2 Å². The van der Waals surface area contributed by atoms with Gasteiger partial charge in [0.15, 0.2) is 0 Å². The van der Waals surface area contributed by atoms with Crippen LogP contribution in [0.2, 0.25) is 0 Å². The van der Waals surface area contributed by atoms with E-state index in [4.69, 9.17) is 4.52 Å². The van der Waals surface area contributed by atoms with Crippen LogP contribution in [0.3, 0.4) is 0 Å². The summed E-state index contributed by atoms with van der Waals surface area (Å²) in [5.74, 6) is -1.13. The molecule has 150 valence electrons. The first-order chi connectivity index (χ1) is 13.9. The zero-order valence-electron chi connectivity index (χ0n) is 15.3. The Morgan fingerprint density at radius 3 is 2.31 bits per heavy atom. The molecule has 0 radical (unpaired) electrons. The SMILES string of the molecule is O=C(N[C@H](Cc1ccc(-c2ccccc2)cc1)C[C@@H](O)C(=O)I)c1cc(O)no1. The topological polar surface area (TPSA) is 113 Å². The lowest BCUT2D eigenvalue weighted by molar-refractivity contribution is -0.117. The Bertz CT molecular complexity index is 972. The van der Waals surface area contributed by atoms with Crippen LogP contribution in [-0.2, 0) is 11.2 Å². The molecule has 0 fully saturated rings. The van der Waals surface area contributed by atoms with Crippen molar-refractivity contribution in [3.8, 4) is 17.0 Å². The van der Waals surface area contributed by atoms with Gasteiger partial charge >= 0.3 is 0 Å². The Labute approximate surface area is 180 Å². The van der Waals surface area contributed by atoms with Crippen molar-refractivity contribution in [2.45, 2.75) is 25.0 Å². The first-order valence-electron chi connectivity index (χ1n) is 8.90. The average Bonchev–Trinajstić information content (AvgIpc) is 3.15. The van der Waals surface area contributed by atoms with E-state index in [0.717, 1.165) is 22.8 Å². The van der Waals surface area contributed by atoms with Crippen LogP contribution in [0.1, 0.15) is 22.5 Å². The third-order valence-corrected chi connectivity index (χ3v) is 5.09. The first-order valence-corrected chi connectivity index (χ1v) is 9.98. The maximum absolute atomic E-state index is 12.3. The molecule has 1 amide bonds. The van der Waals surface area contributed by atoms with Crippen molar-refractivity contribution in [1.29, 1.82) is 0 Å². The predicted molar refractivity (Wildman–Crippen MR) is 115 cm³/mol. The molecule has 0 unspecified atom stereocenters. The second-order valence-corrected chi connectivity index (χ2v) is 7.61. The maximum atomic E-state index is 12.3. The van der Waals surface area contributed by atoms with E-state index in [0.29, 0.717) is 6.42 Å². The van der Waals surface area contributed by atoms with Gasteiger partial charge in [0.1, 0.15) is 6.10 Å². The van der Waals surface area contributed by atoms with E-state index in [1.165, 1.54) is 22.6 Å². The smallest absolute Gasteiger partial charge is 0.290 e. The Kier molecular flexibility index (Phi) is 6.99. The zero-order chi connectivity index (χ0) is 20.8. The van der Waals surface area contributed by atoms with Crippen molar-refractivity contribution >= 4 is 32.3 Å². The molecule has 1 heterocycles. The third-order valence-electron chi connectivity index (χ3n) is 4.37. The van der Waals surface area contributed by atoms with Gasteiger partial charge in [-0.2, -0.15) is 0 Å². The normalized spacial score (nSPS) is 12.9. The second-order valence-electron chi connectivity index (χ2n) is 6.54. The monoisotopic (exact) mass is 506 g/mol. The van der Waals surface area contributed by atoms with Crippen LogP contribution in [-0.4, -0.2) is 37.2 Å². The Morgan fingerprint density at radius 1 is 1.07 bits per heavy atom. The van der Waals surface area contributed by atoms with Crippen molar-refractivity contribution in [2.75, 3.05) is 0 Å². The maximum Gasteiger partial charge on any atom is 0.290 e. The van der Waals surface area contributed by atoms with E-state index in [-0.39, 0.29) is 12.2 Å². The Hall–Kier alpha value is -2.72. The molecule has 0 spiro atoms. The van der Waals surface area contributed by atoms with Gasteiger partial charge in [-0.3, -0.25) is 9.59 Å². The largest absolute Gasteiger partial charge is 0.491 e. The van der Waals surface area contributed by atoms with Crippen molar-refractivity contribution in [3.63, 3.8) is 0 Å². The van der Waals surface area contributed by atoms with Crippen molar-refractivity contribution < 1.29 is 24.3 Å². The van der Waals surface area contributed by atoms with Gasteiger partial charge in [0, 0.05) is 35.1 Å². The number of aromatic hydroxyl groups is 1. The second kappa shape index (κ2) is 9.66. The van der Waals surface area contributed by atoms with E-state index >= 15 is 0 Å². The van der Waals surface area contributed by atoms with Crippen LogP contribution in [0, 0.1) is 0 Å². The number of aliphatic hydroxyl groups is 1. The molecule has 8 heteroatoms. The molecule has 0 bridgehead atoms. The number of rotatable bonds is 8. The molecular weight excluding hydrogens is 487 g/mol. The van der Waals surface area contributed by atoms with Gasteiger partial charge in [-0.15, -0.1) is 0 Å². The highest BCUT2D eigenvalue weighted by atomic mass is 127. The number of amides is 1. The molecule has 0 saturated heterocycles. The first kappa shape index (κ1) is 21.0. The number of hydrogen-bond acceptors (Lipinski definition) is 6. The fraction of sp³-hybridized carbons (Fsp3) is 0.190. The highest BCUT2D eigenvalue weighted by molar-refractivity contribution is 14.1. The third kappa shape index (κ3) is 5.88. The van der Waals surface area contributed by atoms with Crippen molar-refractivity contribution in [1.82, 2.24) is 10.5 Å². The molecule has 7 nitrogen and oxygen atoms in total. The molecule has 0 saturated carbocycles. The quantitative estimate of drug-likeness (QED) is 0.320. The van der Waals surface area contributed by atoms with Gasteiger partial charge in [-0.25, -0.2) is 0 Å². The van der Waals surface area contributed by atoms with Crippen molar-refractivity contribution in [2.24, 2.45) is 0 Å². The van der Waals surface area contributed by atoms with Gasteiger partial charge in [-0.05, 0) is 28.3 Å². The fourth-order valence-electron chi connectivity index (χ4n) is 2.93. The molecule has 29 heavy (non-hydrogen) atoms. The number of aliphatic hydroxyl groups excluding tert-OH is 1. The Balaban J connectivity index is 1.73. The van der Waals surface area contributed by atoms with Crippen molar-refractivity contribution in [3.05, 3.63) is 72.0 Å². The molecular formula is C21H19IN2O5. The molecule has 1 aromatic heterocycles. The molecule has 3 rings (SSSR count). The van der Waals surface area contributed by atoms with Crippen LogP contribution >= 0.6 is 22.6 Å². The molecule has 3 N–H and O–H groups in total. The summed E-state index contributed by atoms with van der Waals surface area (Å²) in [7, 11) is 0.